The van der Waals surface area contributed by atoms with Crippen LogP contribution in [-0.4, -0.2) is 36.9 Å². The lowest BCUT2D eigenvalue weighted by molar-refractivity contribution is 0.0729. The zero-order chi connectivity index (χ0) is 19.8. The lowest BCUT2D eigenvalue weighted by Crippen LogP contribution is -2.36. The SMILES string of the molecule is Cn1cnc2c(C(=O)N3CCc4oc(CCc5ccccc5)nc4C3)ccnc21. The van der Waals surface area contributed by atoms with E-state index in [1.807, 2.05) is 34.7 Å². The molecule has 0 saturated carbocycles. The van der Waals surface area contributed by atoms with Crippen molar-refractivity contribution in [3.8, 4) is 0 Å². The Bertz CT molecular complexity index is 1180. The van der Waals surface area contributed by atoms with Crippen LogP contribution in [0.25, 0.3) is 11.2 Å². The van der Waals surface area contributed by atoms with Gasteiger partial charge < -0.3 is 13.9 Å². The van der Waals surface area contributed by atoms with E-state index >= 15 is 0 Å². The minimum atomic E-state index is -0.0458. The maximum atomic E-state index is 13.1. The Morgan fingerprint density at radius 3 is 2.86 bits per heavy atom. The molecule has 7 nitrogen and oxygen atoms in total. The van der Waals surface area contributed by atoms with Gasteiger partial charge in [0.1, 0.15) is 17.0 Å². The summed E-state index contributed by atoms with van der Waals surface area (Å²) in [7, 11) is 1.87. The van der Waals surface area contributed by atoms with E-state index in [1.165, 1.54) is 5.56 Å². The normalized spacial score (nSPS) is 13.6. The highest BCUT2D eigenvalue weighted by Crippen LogP contribution is 2.24. The van der Waals surface area contributed by atoms with Gasteiger partial charge in [-0.15, -0.1) is 0 Å². The van der Waals surface area contributed by atoms with E-state index in [4.69, 9.17) is 4.42 Å². The first kappa shape index (κ1) is 17.6. The molecule has 29 heavy (non-hydrogen) atoms. The van der Waals surface area contributed by atoms with Crippen molar-refractivity contribution in [2.75, 3.05) is 6.54 Å². The summed E-state index contributed by atoms with van der Waals surface area (Å²) in [5, 5.41) is 0. The minimum Gasteiger partial charge on any atom is -0.445 e. The van der Waals surface area contributed by atoms with Crippen LogP contribution in [-0.2, 0) is 32.9 Å². The van der Waals surface area contributed by atoms with Crippen LogP contribution in [0.15, 0.2) is 53.3 Å². The Morgan fingerprint density at radius 2 is 2.00 bits per heavy atom. The quantitative estimate of drug-likeness (QED) is 0.538. The van der Waals surface area contributed by atoms with Crippen LogP contribution in [0.2, 0.25) is 0 Å². The van der Waals surface area contributed by atoms with Crippen LogP contribution >= 0.6 is 0 Å². The predicted octanol–water partition coefficient (Wildman–Crippen LogP) is 2.94. The number of aromatic nitrogens is 4. The molecular weight excluding hydrogens is 366 g/mol. The molecule has 0 fully saturated rings. The summed E-state index contributed by atoms with van der Waals surface area (Å²) in [5.41, 5.74) is 4.04. The van der Waals surface area contributed by atoms with Crippen molar-refractivity contribution in [2.45, 2.75) is 25.8 Å². The van der Waals surface area contributed by atoms with Crippen LogP contribution in [0.5, 0.6) is 0 Å². The molecule has 3 aromatic heterocycles. The van der Waals surface area contributed by atoms with Gasteiger partial charge in [-0.1, -0.05) is 30.3 Å². The molecule has 0 unspecified atom stereocenters. The third-order valence-corrected chi connectivity index (χ3v) is 5.36. The minimum absolute atomic E-state index is 0.0458. The number of nitrogens with zero attached hydrogens (tertiary/aromatic N) is 5. The zero-order valence-electron chi connectivity index (χ0n) is 16.2. The van der Waals surface area contributed by atoms with Gasteiger partial charge in [-0.3, -0.25) is 4.79 Å². The van der Waals surface area contributed by atoms with E-state index in [-0.39, 0.29) is 5.91 Å². The highest BCUT2D eigenvalue weighted by atomic mass is 16.4. The summed E-state index contributed by atoms with van der Waals surface area (Å²) in [6.07, 6.45) is 5.65. The van der Waals surface area contributed by atoms with Crippen LogP contribution in [0.1, 0.15) is 33.3 Å². The van der Waals surface area contributed by atoms with E-state index in [1.54, 1.807) is 18.6 Å². The summed E-state index contributed by atoms with van der Waals surface area (Å²) in [6.45, 7) is 1.06. The molecule has 4 aromatic rings. The number of amides is 1. The number of pyridine rings is 1. The predicted molar refractivity (Wildman–Crippen MR) is 107 cm³/mol. The standard InChI is InChI=1S/C22H21N5O2/c1-26-14-24-20-16(9-11-23-21(20)26)22(28)27-12-10-18-17(13-27)25-19(29-18)8-7-15-5-3-2-4-6-15/h2-6,9,11,14H,7-8,10,12-13H2,1H3. The number of aryl methyl sites for hydroxylation is 3. The average molecular weight is 387 g/mol. The van der Waals surface area contributed by atoms with Crippen molar-refractivity contribution in [1.29, 1.82) is 0 Å². The Morgan fingerprint density at radius 1 is 1.14 bits per heavy atom. The molecule has 0 N–H and O–H groups in total. The fourth-order valence-electron chi connectivity index (χ4n) is 3.80. The third kappa shape index (κ3) is 3.29. The Balaban J connectivity index is 1.33. The molecule has 4 heterocycles. The lowest BCUT2D eigenvalue weighted by Gasteiger charge is -2.25. The van der Waals surface area contributed by atoms with Gasteiger partial charge in [0.15, 0.2) is 11.5 Å². The van der Waals surface area contributed by atoms with Crippen LogP contribution in [0, 0.1) is 0 Å². The third-order valence-electron chi connectivity index (χ3n) is 5.36. The van der Waals surface area contributed by atoms with Gasteiger partial charge in [-0.2, -0.15) is 0 Å². The maximum Gasteiger partial charge on any atom is 0.256 e. The van der Waals surface area contributed by atoms with Crippen molar-refractivity contribution in [3.63, 3.8) is 0 Å². The molecule has 0 atom stereocenters. The Hall–Kier alpha value is -3.48. The molecule has 0 spiro atoms. The van der Waals surface area contributed by atoms with Gasteiger partial charge in [0.05, 0.1) is 18.4 Å². The first-order valence-corrected chi connectivity index (χ1v) is 9.76. The number of hydrogen-bond acceptors (Lipinski definition) is 5. The molecule has 0 radical (unpaired) electrons. The molecule has 7 heteroatoms. The highest BCUT2D eigenvalue weighted by Gasteiger charge is 2.27. The summed E-state index contributed by atoms with van der Waals surface area (Å²) in [4.78, 5) is 28.3. The van der Waals surface area contributed by atoms with Gasteiger partial charge in [0, 0.05) is 32.6 Å². The van der Waals surface area contributed by atoms with Gasteiger partial charge >= 0.3 is 0 Å². The molecule has 1 amide bonds. The first-order valence-electron chi connectivity index (χ1n) is 9.76. The number of carbonyl (C=O) groups is 1. The molecular formula is C22H21N5O2. The van der Waals surface area contributed by atoms with Gasteiger partial charge in [0.2, 0.25) is 0 Å². The van der Waals surface area contributed by atoms with Gasteiger partial charge in [-0.25, -0.2) is 15.0 Å². The van der Waals surface area contributed by atoms with Crippen LogP contribution in [0.3, 0.4) is 0 Å². The zero-order valence-corrected chi connectivity index (χ0v) is 16.2. The second-order valence-corrected chi connectivity index (χ2v) is 7.33. The van der Waals surface area contributed by atoms with E-state index in [0.717, 1.165) is 30.2 Å². The summed E-state index contributed by atoms with van der Waals surface area (Å²) in [5.74, 6) is 1.59. The number of hydrogen-bond donors (Lipinski definition) is 0. The van der Waals surface area contributed by atoms with Crippen molar-refractivity contribution in [1.82, 2.24) is 24.4 Å². The second kappa shape index (κ2) is 7.16. The number of carbonyl (C=O) groups excluding carboxylic acids is 1. The molecule has 0 bridgehead atoms. The molecule has 1 aromatic carbocycles. The van der Waals surface area contributed by atoms with Crippen molar-refractivity contribution in [3.05, 3.63) is 77.4 Å². The molecule has 1 aliphatic rings. The van der Waals surface area contributed by atoms with Crippen LogP contribution < -0.4 is 0 Å². The topological polar surface area (TPSA) is 77.0 Å². The van der Waals surface area contributed by atoms with Gasteiger partial charge in [0.25, 0.3) is 5.91 Å². The van der Waals surface area contributed by atoms with E-state index in [2.05, 4.69) is 27.1 Å². The van der Waals surface area contributed by atoms with Crippen molar-refractivity contribution in [2.24, 2.45) is 7.05 Å². The fourth-order valence-corrected chi connectivity index (χ4v) is 3.80. The molecule has 1 aliphatic heterocycles. The average Bonchev–Trinajstić information content (AvgIpc) is 3.35. The van der Waals surface area contributed by atoms with Crippen molar-refractivity contribution >= 4 is 17.1 Å². The number of imidazole rings is 1. The molecule has 0 saturated heterocycles. The molecule has 5 rings (SSSR count). The van der Waals surface area contributed by atoms with E-state index in [9.17, 15) is 4.79 Å². The molecule has 0 aliphatic carbocycles. The monoisotopic (exact) mass is 387 g/mol. The van der Waals surface area contributed by atoms with Gasteiger partial charge in [-0.05, 0) is 18.1 Å². The van der Waals surface area contributed by atoms with E-state index in [0.29, 0.717) is 36.2 Å². The number of benzene rings is 1. The largest absolute Gasteiger partial charge is 0.445 e. The first-order chi connectivity index (χ1) is 14.2. The number of oxazole rings is 1. The van der Waals surface area contributed by atoms with Crippen molar-refractivity contribution < 1.29 is 9.21 Å². The lowest BCUT2D eigenvalue weighted by atomic mass is 10.1. The second-order valence-electron chi connectivity index (χ2n) is 7.33. The summed E-state index contributed by atoms with van der Waals surface area (Å²) in [6, 6.07) is 12.0. The smallest absolute Gasteiger partial charge is 0.256 e. The number of fused-ring (bicyclic) bond motifs is 2. The fraction of sp³-hybridized carbons (Fsp3) is 0.273. The Kier molecular flexibility index (Phi) is 4.35. The maximum absolute atomic E-state index is 13.1. The van der Waals surface area contributed by atoms with Crippen LogP contribution in [0.4, 0.5) is 0 Å². The summed E-state index contributed by atoms with van der Waals surface area (Å²) >= 11 is 0. The molecule has 146 valence electrons. The highest BCUT2D eigenvalue weighted by molar-refractivity contribution is 6.04. The van der Waals surface area contributed by atoms with E-state index < -0.39 is 0 Å². The summed E-state index contributed by atoms with van der Waals surface area (Å²) < 4.78 is 7.78. The number of rotatable bonds is 4. The Labute approximate surface area is 168 Å².